The highest BCUT2D eigenvalue weighted by Crippen LogP contribution is 2.27. The standard InChI is InChI=1S/C23H18N2O2/c26-23(17-27-22-13-7-8-18-16-24-15-14-21(18)22)25(19-9-3-1-4-10-19)20-11-5-2-6-12-20/h1-16H,17H2. The largest absolute Gasteiger partial charge is 0.483 e. The number of nitrogens with zero attached hydrogens (tertiary/aromatic N) is 2. The number of hydrogen-bond acceptors (Lipinski definition) is 3. The Balaban J connectivity index is 1.61. The predicted molar refractivity (Wildman–Crippen MR) is 107 cm³/mol. The Bertz CT molecular complexity index is 1000. The van der Waals surface area contributed by atoms with Gasteiger partial charge in [-0.05, 0) is 36.4 Å². The van der Waals surface area contributed by atoms with Crippen molar-refractivity contribution < 1.29 is 9.53 Å². The third-order valence-electron chi connectivity index (χ3n) is 4.27. The molecule has 0 spiro atoms. The molecule has 4 nitrogen and oxygen atoms in total. The molecule has 1 heterocycles. The highest BCUT2D eigenvalue weighted by atomic mass is 16.5. The van der Waals surface area contributed by atoms with Crippen LogP contribution in [-0.4, -0.2) is 17.5 Å². The van der Waals surface area contributed by atoms with Crippen LogP contribution in [0.4, 0.5) is 11.4 Å². The number of carbonyl (C=O) groups excluding carboxylic acids is 1. The molecule has 1 aromatic heterocycles. The van der Waals surface area contributed by atoms with E-state index in [1.54, 1.807) is 17.3 Å². The zero-order chi connectivity index (χ0) is 18.5. The van der Waals surface area contributed by atoms with E-state index < -0.39 is 0 Å². The molecule has 0 saturated carbocycles. The van der Waals surface area contributed by atoms with Crippen molar-refractivity contribution in [1.29, 1.82) is 0 Å². The second-order valence-corrected chi connectivity index (χ2v) is 6.04. The fourth-order valence-electron chi connectivity index (χ4n) is 3.01. The van der Waals surface area contributed by atoms with Crippen LogP contribution in [-0.2, 0) is 4.79 Å². The molecular formula is C23H18N2O2. The Morgan fingerprint density at radius 1 is 0.815 bits per heavy atom. The van der Waals surface area contributed by atoms with Crippen molar-refractivity contribution >= 4 is 28.1 Å². The summed E-state index contributed by atoms with van der Waals surface area (Å²) < 4.78 is 5.89. The van der Waals surface area contributed by atoms with E-state index in [9.17, 15) is 4.79 Å². The predicted octanol–water partition coefficient (Wildman–Crippen LogP) is 4.98. The van der Waals surface area contributed by atoms with Crippen LogP contribution in [0.2, 0.25) is 0 Å². The molecule has 132 valence electrons. The monoisotopic (exact) mass is 354 g/mol. The maximum atomic E-state index is 13.0. The van der Waals surface area contributed by atoms with Gasteiger partial charge in [0.25, 0.3) is 5.91 Å². The highest BCUT2D eigenvalue weighted by molar-refractivity contribution is 6.01. The van der Waals surface area contributed by atoms with Gasteiger partial charge in [-0.25, -0.2) is 0 Å². The molecular weight excluding hydrogens is 336 g/mol. The molecule has 4 aromatic rings. The number of para-hydroxylation sites is 2. The van der Waals surface area contributed by atoms with Gasteiger partial charge in [-0.3, -0.25) is 14.7 Å². The lowest BCUT2D eigenvalue weighted by molar-refractivity contribution is -0.119. The molecule has 0 N–H and O–H groups in total. The first-order valence-corrected chi connectivity index (χ1v) is 8.71. The third kappa shape index (κ3) is 3.65. The van der Waals surface area contributed by atoms with E-state index in [0.717, 1.165) is 22.1 Å². The first kappa shape index (κ1) is 16.8. The number of carbonyl (C=O) groups is 1. The first-order valence-electron chi connectivity index (χ1n) is 8.71. The second-order valence-electron chi connectivity index (χ2n) is 6.04. The zero-order valence-corrected chi connectivity index (χ0v) is 14.7. The Hall–Kier alpha value is -3.66. The molecule has 0 fully saturated rings. The van der Waals surface area contributed by atoms with Gasteiger partial charge in [0.2, 0.25) is 0 Å². The molecule has 0 unspecified atom stereocenters. The fourth-order valence-corrected chi connectivity index (χ4v) is 3.01. The fraction of sp³-hybridized carbons (Fsp3) is 0.0435. The minimum absolute atomic E-state index is 0.0643. The summed E-state index contributed by atoms with van der Waals surface area (Å²) in [6.07, 6.45) is 3.50. The molecule has 0 aliphatic carbocycles. The topological polar surface area (TPSA) is 42.4 Å². The summed E-state index contributed by atoms with van der Waals surface area (Å²) in [4.78, 5) is 18.8. The number of aromatic nitrogens is 1. The smallest absolute Gasteiger partial charge is 0.269 e. The lowest BCUT2D eigenvalue weighted by Crippen LogP contribution is -2.30. The summed E-state index contributed by atoms with van der Waals surface area (Å²) in [7, 11) is 0. The normalized spacial score (nSPS) is 10.5. The van der Waals surface area contributed by atoms with E-state index in [0.29, 0.717) is 5.75 Å². The Morgan fingerprint density at radius 2 is 1.48 bits per heavy atom. The molecule has 4 rings (SSSR count). The van der Waals surface area contributed by atoms with Crippen molar-refractivity contribution in [3.63, 3.8) is 0 Å². The molecule has 1 amide bonds. The number of amides is 1. The van der Waals surface area contributed by atoms with Crippen molar-refractivity contribution in [3.05, 3.63) is 97.3 Å². The van der Waals surface area contributed by atoms with Gasteiger partial charge in [0, 0.05) is 34.5 Å². The summed E-state index contributed by atoms with van der Waals surface area (Å²) in [5.74, 6) is 0.530. The van der Waals surface area contributed by atoms with Gasteiger partial charge in [-0.15, -0.1) is 0 Å². The average Bonchev–Trinajstić information content (AvgIpc) is 2.74. The molecule has 0 aliphatic rings. The van der Waals surface area contributed by atoms with Crippen LogP contribution in [0.25, 0.3) is 10.8 Å². The van der Waals surface area contributed by atoms with Crippen LogP contribution in [0, 0.1) is 0 Å². The van der Waals surface area contributed by atoms with Crippen LogP contribution in [0.3, 0.4) is 0 Å². The van der Waals surface area contributed by atoms with Gasteiger partial charge >= 0.3 is 0 Å². The Morgan fingerprint density at radius 3 is 2.15 bits per heavy atom. The summed E-state index contributed by atoms with van der Waals surface area (Å²) in [5, 5.41) is 1.91. The van der Waals surface area contributed by atoms with Crippen molar-refractivity contribution in [2.75, 3.05) is 11.5 Å². The maximum Gasteiger partial charge on any atom is 0.269 e. The minimum Gasteiger partial charge on any atom is -0.483 e. The number of benzene rings is 3. The molecule has 0 bridgehead atoms. The molecule has 0 saturated heterocycles. The molecule has 0 aliphatic heterocycles. The molecule has 4 heteroatoms. The van der Waals surface area contributed by atoms with Crippen LogP contribution < -0.4 is 9.64 Å². The summed E-state index contributed by atoms with van der Waals surface area (Å²) in [6, 6.07) is 26.8. The summed E-state index contributed by atoms with van der Waals surface area (Å²) in [5.41, 5.74) is 1.61. The van der Waals surface area contributed by atoms with Crippen LogP contribution in [0.5, 0.6) is 5.75 Å². The van der Waals surface area contributed by atoms with Crippen LogP contribution >= 0.6 is 0 Å². The average molecular weight is 354 g/mol. The van der Waals surface area contributed by atoms with Crippen molar-refractivity contribution in [3.8, 4) is 5.75 Å². The number of anilines is 2. The van der Waals surface area contributed by atoms with Crippen LogP contribution in [0.15, 0.2) is 97.3 Å². The first-order chi connectivity index (χ1) is 13.3. The van der Waals surface area contributed by atoms with Crippen LogP contribution in [0.1, 0.15) is 0 Å². The van der Waals surface area contributed by atoms with Crippen molar-refractivity contribution in [1.82, 2.24) is 4.98 Å². The summed E-state index contributed by atoms with van der Waals surface area (Å²) in [6.45, 7) is -0.0643. The van der Waals surface area contributed by atoms with Gasteiger partial charge in [-0.2, -0.15) is 0 Å². The zero-order valence-electron chi connectivity index (χ0n) is 14.7. The number of hydrogen-bond donors (Lipinski definition) is 0. The lowest BCUT2D eigenvalue weighted by atomic mass is 10.1. The van der Waals surface area contributed by atoms with Gasteiger partial charge in [0.05, 0.1) is 0 Å². The lowest BCUT2D eigenvalue weighted by Gasteiger charge is -2.23. The number of fused-ring (bicyclic) bond motifs is 1. The molecule has 0 radical (unpaired) electrons. The highest BCUT2D eigenvalue weighted by Gasteiger charge is 2.18. The van der Waals surface area contributed by atoms with Crippen molar-refractivity contribution in [2.45, 2.75) is 0 Å². The van der Waals surface area contributed by atoms with Gasteiger partial charge in [0.15, 0.2) is 6.61 Å². The number of rotatable bonds is 5. The Labute approximate surface area is 157 Å². The van der Waals surface area contributed by atoms with E-state index in [2.05, 4.69) is 4.98 Å². The van der Waals surface area contributed by atoms with Gasteiger partial charge in [-0.1, -0.05) is 48.5 Å². The van der Waals surface area contributed by atoms with E-state index in [1.165, 1.54) is 0 Å². The maximum absolute atomic E-state index is 13.0. The van der Waals surface area contributed by atoms with Crippen molar-refractivity contribution in [2.24, 2.45) is 0 Å². The number of ether oxygens (including phenoxy) is 1. The van der Waals surface area contributed by atoms with Gasteiger partial charge in [0.1, 0.15) is 5.75 Å². The molecule has 27 heavy (non-hydrogen) atoms. The molecule has 0 atom stereocenters. The number of pyridine rings is 1. The van der Waals surface area contributed by atoms with E-state index >= 15 is 0 Å². The van der Waals surface area contributed by atoms with E-state index in [1.807, 2.05) is 84.9 Å². The minimum atomic E-state index is -0.140. The third-order valence-corrected chi connectivity index (χ3v) is 4.27. The summed E-state index contributed by atoms with van der Waals surface area (Å²) >= 11 is 0. The van der Waals surface area contributed by atoms with Gasteiger partial charge < -0.3 is 4.74 Å². The Kier molecular flexibility index (Phi) is 4.79. The van der Waals surface area contributed by atoms with E-state index in [-0.39, 0.29) is 12.5 Å². The SMILES string of the molecule is O=C(COc1cccc2cnccc12)N(c1ccccc1)c1ccccc1. The molecule has 3 aromatic carbocycles. The quantitative estimate of drug-likeness (QED) is 0.508. The van der Waals surface area contributed by atoms with E-state index in [4.69, 9.17) is 4.74 Å². The second kappa shape index (κ2) is 7.70.